The first-order chi connectivity index (χ1) is 13.5. The Hall–Kier alpha value is -0.590. The Morgan fingerprint density at radius 3 is 2.54 bits per heavy atom. The maximum absolute atomic E-state index is 12.1. The van der Waals surface area contributed by atoms with Crippen molar-refractivity contribution in [2.75, 3.05) is 0 Å². The lowest BCUT2D eigenvalue weighted by Gasteiger charge is -2.50. The second-order valence-corrected chi connectivity index (χ2v) is 10.5. The third-order valence-electron chi connectivity index (χ3n) is 9.63. The predicted octanol–water partition coefficient (Wildman–Crippen LogP) is 8.13. The molecule has 0 spiro atoms. The zero-order valence-electron chi connectivity index (χ0n) is 19.5. The average Bonchev–Trinajstić information content (AvgIpc) is 2.95. The van der Waals surface area contributed by atoms with E-state index in [1.165, 1.54) is 70.6 Å². The van der Waals surface area contributed by atoms with Crippen molar-refractivity contribution in [1.82, 2.24) is 0 Å². The molecule has 4 aliphatic carbocycles. The van der Waals surface area contributed by atoms with Crippen LogP contribution in [0.3, 0.4) is 0 Å². The summed E-state index contributed by atoms with van der Waals surface area (Å²) in [5.41, 5.74) is 2.55. The lowest BCUT2D eigenvalue weighted by molar-refractivity contribution is -0.116. The molecular weight excluding hydrogens is 340 g/mol. The highest BCUT2D eigenvalue weighted by Gasteiger charge is 2.55. The predicted molar refractivity (Wildman–Crippen MR) is 120 cm³/mol. The zero-order valence-corrected chi connectivity index (χ0v) is 19.5. The number of unbranched alkanes of at least 4 members (excludes halogenated alkanes) is 1. The summed E-state index contributed by atoms with van der Waals surface area (Å²) in [5.74, 6) is 4.22. The molecule has 0 aromatic rings. The van der Waals surface area contributed by atoms with Gasteiger partial charge in [0.05, 0.1) is 0 Å². The van der Waals surface area contributed by atoms with Gasteiger partial charge in [0, 0.05) is 6.42 Å². The monoisotopic (exact) mass is 386 g/mol. The van der Waals surface area contributed by atoms with E-state index in [2.05, 4.69) is 26.8 Å². The van der Waals surface area contributed by atoms with Gasteiger partial charge in [-0.2, -0.15) is 0 Å². The summed E-state index contributed by atoms with van der Waals surface area (Å²) in [6.07, 6.45) is 19.4. The van der Waals surface area contributed by atoms with Crippen LogP contribution in [0, 0.1) is 34.5 Å². The number of allylic oxidation sites excluding steroid dienone is 2. The lowest BCUT2D eigenvalue weighted by atomic mass is 9.55. The van der Waals surface area contributed by atoms with Crippen LogP contribution < -0.4 is 0 Å². The quantitative estimate of drug-likeness (QED) is 0.476. The smallest absolute Gasteiger partial charge is 0.155 e. The van der Waals surface area contributed by atoms with Gasteiger partial charge in [-0.25, -0.2) is 0 Å². The Balaban J connectivity index is 0.00000109. The van der Waals surface area contributed by atoms with E-state index in [4.69, 9.17) is 0 Å². The third kappa shape index (κ3) is 3.77. The van der Waals surface area contributed by atoms with Crippen LogP contribution in [-0.2, 0) is 4.79 Å². The second kappa shape index (κ2) is 9.05. The van der Waals surface area contributed by atoms with Crippen LogP contribution in [0.2, 0.25) is 0 Å². The molecule has 0 N–H and O–H groups in total. The van der Waals surface area contributed by atoms with E-state index in [0.29, 0.717) is 16.6 Å². The van der Waals surface area contributed by atoms with Gasteiger partial charge < -0.3 is 0 Å². The van der Waals surface area contributed by atoms with E-state index in [-0.39, 0.29) is 0 Å². The minimum absolute atomic E-state index is 0.376. The minimum Gasteiger partial charge on any atom is -0.295 e. The Labute approximate surface area is 175 Å². The van der Waals surface area contributed by atoms with E-state index in [1.54, 1.807) is 5.57 Å². The van der Waals surface area contributed by atoms with Crippen molar-refractivity contribution in [3.05, 3.63) is 11.6 Å². The molecule has 160 valence electrons. The molecule has 0 aliphatic heterocycles. The fraction of sp³-hybridized carbons (Fsp3) is 0.889. The fourth-order valence-electron chi connectivity index (χ4n) is 7.97. The molecule has 4 rings (SSSR count). The number of fused-ring (bicyclic) bond motifs is 4. The summed E-state index contributed by atoms with van der Waals surface area (Å²) in [6, 6.07) is 0. The van der Waals surface area contributed by atoms with Crippen LogP contribution >= 0.6 is 0 Å². The highest BCUT2D eigenvalue weighted by atomic mass is 16.1. The third-order valence-corrected chi connectivity index (χ3v) is 9.63. The van der Waals surface area contributed by atoms with Crippen molar-refractivity contribution in [2.24, 2.45) is 34.5 Å². The molecule has 6 atom stereocenters. The van der Waals surface area contributed by atoms with Crippen LogP contribution in [0.25, 0.3) is 0 Å². The van der Waals surface area contributed by atoms with Gasteiger partial charge in [0.2, 0.25) is 0 Å². The largest absolute Gasteiger partial charge is 0.295 e. The zero-order chi connectivity index (χ0) is 20.4. The first kappa shape index (κ1) is 22.1. The van der Waals surface area contributed by atoms with Gasteiger partial charge in [-0.1, -0.05) is 53.0 Å². The molecule has 0 heterocycles. The molecule has 6 unspecified atom stereocenters. The van der Waals surface area contributed by atoms with Gasteiger partial charge in [-0.05, 0) is 105 Å². The minimum atomic E-state index is 0.376. The van der Waals surface area contributed by atoms with Crippen LogP contribution in [0.5, 0.6) is 0 Å². The van der Waals surface area contributed by atoms with Crippen molar-refractivity contribution in [3.8, 4) is 0 Å². The summed E-state index contributed by atoms with van der Waals surface area (Å²) in [4.78, 5) is 12.1. The van der Waals surface area contributed by atoms with Gasteiger partial charge in [0.1, 0.15) is 0 Å². The van der Waals surface area contributed by atoms with Crippen LogP contribution in [0.4, 0.5) is 0 Å². The van der Waals surface area contributed by atoms with Gasteiger partial charge in [0.25, 0.3) is 0 Å². The Bertz CT molecular complexity index is 575. The molecule has 4 aliphatic rings. The molecule has 1 heteroatoms. The normalized spacial score (nSPS) is 42.3. The number of rotatable bonds is 4. The summed E-state index contributed by atoms with van der Waals surface area (Å²) in [6.45, 7) is 11.4. The van der Waals surface area contributed by atoms with Crippen molar-refractivity contribution in [3.63, 3.8) is 0 Å². The standard InChI is InChI=1S/C25H40O.C2H6/c1-4-6-7-19-9-11-23-22-10-8-20-16-21(26)13-15-25(20,5-2)17-18(22)12-14-24(19,23)3;1-2/h16,18-19,22-23H,4-15,17H2,1-3H3;1-2H3. The number of ketones is 1. The topological polar surface area (TPSA) is 17.1 Å². The van der Waals surface area contributed by atoms with E-state index >= 15 is 0 Å². The van der Waals surface area contributed by atoms with Gasteiger partial charge in [-0.3, -0.25) is 4.79 Å². The number of carbonyl (C=O) groups is 1. The van der Waals surface area contributed by atoms with E-state index in [9.17, 15) is 4.79 Å². The Kier molecular flexibility index (Phi) is 7.14. The number of carbonyl (C=O) groups excluding carboxylic acids is 1. The average molecular weight is 387 g/mol. The summed E-state index contributed by atoms with van der Waals surface area (Å²) < 4.78 is 0. The summed E-state index contributed by atoms with van der Waals surface area (Å²) in [7, 11) is 0. The maximum atomic E-state index is 12.1. The van der Waals surface area contributed by atoms with Gasteiger partial charge in [0.15, 0.2) is 5.78 Å². The van der Waals surface area contributed by atoms with Gasteiger partial charge in [-0.15, -0.1) is 0 Å². The molecule has 0 aromatic carbocycles. The SMILES string of the molecule is CC.CCCCC1CCC2C3CCC4=CC(=O)CCC4(CC)CC3CCC12C. The first-order valence-electron chi connectivity index (χ1n) is 12.8. The highest BCUT2D eigenvalue weighted by molar-refractivity contribution is 5.91. The van der Waals surface area contributed by atoms with Crippen LogP contribution in [0.1, 0.15) is 118 Å². The molecule has 0 saturated heterocycles. The van der Waals surface area contributed by atoms with Crippen LogP contribution in [-0.4, -0.2) is 5.78 Å². The molecular formula is C27H46O. The highest BCUT2D eigenvalue weighted by Crippen LogP contribution is 2.64. The fourth-order valence-corrected chi connectivity index (χ4v) is 7.97. The Morgan fingerprint density at radius 1 is 1.04 bits per heavy atom. The lowest BCUT2D eigenvalue weighted by Crippen LogP contribution is -2.42. The number of hydrogen-bond acceptors (Lipinski definition) is 1. The first-order valence-corrected chi connectivity index (χ1v) is 12.8. The maximum Gasteiger partial charge on any atom is 0.155 e. The molecule has 0 aromatic heterocycles. The second-order valence-electron chi connectivity index (χ2n) is 10.5. The van der Waals surface area contributed by atoms with Gasteiger partial charge >= 0.3 is 0 Å². The van der Waals surface area contributed by atoms with E-state index in [1.807, 2.05) is 13.8 Å². The van der Waals surface area contributed by atoms with E-state index in [0.717, 1.165) is 36.5 Å². The molecule has 0 amide bonds. The van der Waals surface area contributed by atoms with E-state index < -0.39 is 0 Å². The molecule has 28 heavy (non-hydrogen) atoms. The molecule has 3 fully saturated rings. The summed E-state index contributed by atoms with van der Waals surface area (Å²) in [5, 5.41) is 0. The Morgan fingerprint density at radius 2 is 1.82 bits per heavy atom. The molecule has 1 nitrogen and oxygen atoms in total. The number of hydrogen-bond donors (Lipinski definition) is 0. The van der Waals surface area contributed by atoms with Crippen molar-refractivity contribution in [1.29, 1.82) is 0 Å². The summed E-state index contributed by atoms with van der Waals surface area (Å²) >= 11 is 0. The molecule has 0 bridgehead atoms. The molecule has 3 saturated carbocycles. The van der Waals surface area contributed by atoms with Crippen LogP contribution in [0.15, 0.2) is 11.6 Å². The van der Waals surface area contributed by atoms with Crippen molar-refractivity contribution >= 4 is 5.78 Å². The van der Waals surface area contributed by atoms with Crippen molar-refractivity contribution < 1.29 is 4.79 Å². The molecule has 0 radical (unpaired) electrons. The van der Waals surface area contributed by atoms with Crippen molar-refractivity contribution in [2.45, 2.75) is 118 Å².